The van der Waals surface area contributed by atoms with E-state index in [-0.39, 0.29) is 34.2 Å². The molecular formula is C33H26Cl2FN3O7. The molecule has 2 heterocycles. The summed E-state index contributed by atoms with van der Waals surface area (Å²) in [4.78, 5) is 55.7. The van der Waals surface area contributed by atoms with E-state index in [2.05, 4.69) is 5.43 Å². The molecule has 3 N–H and O–H groups in total. The maximum atomic E-state index is 15.1. The number of phenols is 1. The smallest absolute Gasteiger partial charge is 0.260 e. The number of hydrogen-bond acceptors (Lipinski definition) is 8. The molecule has 46 heavy (non-hydrogen) atoms. The van der Waals surface area contributed by atoms with Crippen LogP contribution in [0.5, 0.6) is 11.5 Å². The maximum absolute atomic E-state index is 15.1. The van der Waals surface area contributed by atoms with Crippen molar-refractivity contribution in [2.45, 2.75) is 24.2 Å². The number of phenolic OH excluding ortho intramolecular Hbond substituents is 1. The van der Waals surface area contributed by atoms with Crippen LogP contribution in [0, 0.1) is 29.5 Å². The van der Waals surface area contributed by atoms with Gasteiger partial charge in [-0.1, -0.05) is 53.1 Å². The van der Waals surface area contributed by atoms with Crippen LogP contribution in [0.25, 0.3) is 0 Å². The number of anilines is 1. The van der Waals surface area contributed by atoms with Gasteiger partial charge < -0.3 is 9.84 Å². The van der Waals surface area contributed by atoms with Gasteiger partial charge in [0.2, 0.25) is 0 Å². The number of benzene rings is 3. The summed E-state index contributed by atoms with van der Waals surface area (Å²) >= 11 is 12.5. The van der Waals surface area contributed by atoms with Crippen molar-refractivity contribution in [1.29, 1.82) is 0 Å². The first-order valence-corrected chi connectivity index (χ1v) is 15.2. The number of ether oxygens (including phenoxy) is 1. The molecule has 3 aromatic rings. The summed E-state index contributed by atoms with van der Waals surface area (Å²) in [5.41, 5.74) is 2.68. The Morgan fingerprint density at radius 3 is 2.37 bits per heavy atom. The van der Waals surface area contributed by atoms with Crippen molar-refractivity contribution in [3.8, 4) is 11.5 Å². The molecule has 2 aliphatic carbocycles. The Labute approximate surface area is 271 Å². The third-order valence-electron chi connectivity index (χ3n) is 9.86. The second kappa shape index (κ2) is 10.8. The minimum absolute atomic E-state index is 0.0277. The van der Waals surface area contributed by atoms with Gasteiger partial charge in [0.25, 0.3) is 23.6 Å². The summed E-state index contributed by atoms with van der Waals surface area (Å²) in [5, 5.41) is 21.9. The number of aromatic hydroxyl groups is 1. The number of imide groups is 2. The van der Waals surface area contributed by atoms with Crippen molar-refractivity contribution in [2.75, 3.05) is 12.5 Å². The molecule has 7 rings (SSSR count). The number of rotatable bonds is 5. The minimum atomic E-state index is -1.68. The van der Waals surface area contributed by atoms with Crippen LogP contribution in [0.15, 0.2) is 72.3 Å². The second-order valence-corrected chi connectivity index (χ2v) is 12.8. The number of amides is 4. The Morgan fingerprint density at radius 1 is 0.957 bits per heavy atom. The van der Waals surface area contributed by atoms with Crippen LogP contribution in [0.3, 0.4) is 0 Å². The zero-order chi connectivity index (χ0) is 32.7. The molecule has 0 unspecified atom stereocenters. The monoisotopic (exact) mass is 665 g/mol. The highest BCUT2D eigenvalue weighted by Gasteiger charge is 2.70. The standard InChI is InChI=1S/C33H26Cl2FN3O7/c1-46-18-6-3-16(4-7-18)33-22(30(42)38(32(33)44)37-25-10-5-17(34)13-23(25)35)14-21-19(28(33)15-2-11-26(40)24(36)12-15)8-9-20-27(21)31(43)39(45)29(20)41/h2-8,10-13,20-22,27-28,37,40,45H,9,14H2,1H3/t20-,21+,22-,27-,28-,33+/m0/s1. The number of allylic oxidation sites excluding steroid dienone is 2. The van der Waals surface area contributed by atoms with E-state index in [1.807, 2.05) is 0 Å². The molecule has 3 aromatic carbocycles. The van der Waals surface area contributed by atoms with Gasteiger partial charge >= 0.3 is 0 Å². The Morgan fingerprint density at radius 2 is 1.70 bits per heavy atom. The highest BCUT2D eigenvalue weighted by Crippen LogP contribution is 2.64. The van der Waals surface area contributed by atoms with Gasteiger partial charge in [0.15, 0.2) is 11.6 Å². The quantitative estimate of drug-likeness (QED) is 0.192. The van der Waals surface area contributed by atoms with Crippen LogP contribution < -0.4 is 10.2 Å². The van der Waals surface area contributed by atoms with Crippen molar-refractivity contribution in [1.82, 2.24) is 10.1 Å². The largest absolute Gasteiger partial charge is 0.505 e. The molecule has 0 bridgehead atoms. The molecule has 2 saturated heterocycles. The van der Waals surface area contributed by atoms with Crippen LogP contribution in [0.4, 0.5) is 10.1 Å². The highest BCUT2D eigenvalue weighted by atomic mass is 35.5. The number of carbonyl (C=O) groups is 4. The summed E-state index contributed by atoms with van der Waals surface area (Å²) < 4.78 is 20.5. The lowest BCUT2D eigenvalue weighted by molar-refractivity contribution is -0.173. The van der Waals surface area contributed by atoms with Gasteiger partial charge in [0.1, 0.15) is 5.75 Å². The van der Waals surface area contributed by atoms with E-state index >= 15 is 9.18 Å². The number of hydrogen-bond donors (Lipinski definition) is 3. The summed E-state index contributed by atoms with van der Waals surface area (Å²) in [5.74, 6) is -8.61. The topological polar surface area (TPSA) is 136 Å². The number of carbonyl (C=O) groups excluding carboxylic acids is 4. The first kappa shape index (κ1) is 30.2. The molecule has 0 aromatic heterocycles. The van der Waals surface area contributed by atoms with Crippen molar-refractivity contribution >= 4 is 52.5 Å². The molecule has 236 valence electrons. The van der Waals surface area contributed by atoms with Gasteiger partial charge in [-0.3, -0.25) is 29.8 Å². The number of nitrogens with zero attached hydrogens (tertiary/aromatic N) is 2. The Hall–Kier alpha value is -4.45. The van der Waals surface area contributed by atoms with Gasteiger partial charge in [-0.05, 0) is 72.4 Å². The number of methoxy groups -OCH3 is 1. The van der Waals surface area contributed by atoms with Crippen LogP contribution in [0.1, 0.15) is 29.9 Å². The molecule has 0 spiro atoms. The molecular weight excluding hydrogens is 640 g/mol. The van der Waals surface area contributed by atoms with E-state index < -0.39 is 70.2 Å². The van der Waals surface area contributed by atoms with Crippen LogP contribution in [0.2, 0.25) is 10.0 Å². The zero-order valence-electron chi connectivity index (χ0n) is 24.1. The van der Waals surface area contributed by atoms with Gasteiger partial charge in [0.05, 0.1) is 41.0 Å². The molecule has 1 saturated carbocycles. The number of hydroxylamine groups is 2. The van der Waals surface area contributed by atoms with Crippen LogP contribution in [-0.4, -0.2) is 51.1 Å². The third kappa shape index (κ3) is 4.18. The molecule has 6 atom stereocenters. The number of hydrazine groups is 1. The number of nitrogens with one attached hydrogen (secondary N) is 1. The van der Waals surface area contributed by atoms with Crippen LogP contribution in [-0.2, 0) is 24.6 Å². The Balaban J connectivity index is 1.48. The summed E-state index contributed by atoms with van der Waals surface area (Å²) in [6, 6.07) is 14.9. The van der Waals surface area contributed by atoms with E-state index in [4.69, 9.17) is 27.9 Å². The summed E-state index contributed by atoms with van der Waals surface area (Å²) in [7, 11) is 1.49. The zero-order valence-corrected chi connectivity index (χ0v) is 25.6. The van der Waals surface area contributed by atoms with E-state index in [0.717, 1.165) is 11.1 Å². The summed E-state index contributed by atoms with van der Waals surface area (Å²) in [6.45, 7) is 0. The van der Waals surface area contributed by atoms with Crippen LogP contribution >= 0.6 is 23.2 Å². The highest BCUT2D eigenvalue weighted by molar-refractivity contribution is 6.36. The van der Waals surface area contributed by atoms with E-state index in [0.29, 0.717) is 21.9 Å². The average molecular weight is 666 g/mol. The van der Waals surface area contributed by atoms with Crippen molar-refractivity contribution in [3.05, 3.63) is 99.3 Å². The molecule has 4 aliphatic rings. The SMILES string of the molecule is COc1ccc([C@@]23C(=O)N(Nc4ccc(Cl)cc4Cl)C(=O)[C@@H]2C[C@@H]2C(=CC[C@@H]4C(=O)N(O)C(=O)[C@@H]42)[C@@H]3c2ccc(O)c(F)c2)cc1. The normalized spacial score (nSPS) is 28.5. The van der Waals surface area contributed by atoms with E-state index in [1.165, 1.54) is 37.4 Å². The fourth-order valence-electron chi connectivity index (χ4n) is 7.90. The molecule has 2 aliphatic heterocycles. The predicted octanol–water partition coefficient (Wildman–Crippen LogP) is 5.22. The molecule has 0 radical (unpaired) electrons. The van der Waals surface area contributed by atoms with Gasteiger partial charge in [-0.15, -0.1) is 0 Å². The van der Waals surface area contributed by atoms with E-state index in [9.17, 15) is 24.7 Å². The second-order valence-electron chi connectivity index (χ2n) is 11.9. The van der Waals surface area contributed by atoms with Gasteiger partial charge in [-0.25, -0.2) is 4.39 Å². The maximum Gasteiger partial charge on any atom is 0.260 e. The number of fused-ring (bicyclic) bond motifs is 4. The van der Waals surface area contributed by atoms with Gasteiger partial charge in [-0.2, -0.15) is 10.1 Å². The third-order valence-corrected chi connectivity index (χ3v) is 10.4. The Kier molecular flexibility index (Phi) is 7.11. The Bertz CT molecular complexity index is 1870. The lowest BCUT2D eigenvalue weighted by Crippen LogP contribution is -2.53. The van der Waals surface area contributed by atoms with Gasteiger partial charge in [0, 0.05) is 10.9 Å². The van der Waals surface area contributed by atoms with Crippen molar-refractivity contribution in [2.24, 2.45) is 23.7 Å². The molecule has 13 heteroatoms. The minimum Gasteiger partial charge on any atom is -0.505 e. The fraction of sp³-hybridized carbons (Fsp3) is 0.273. The predicted molar refractivity (Wildman–Crippen MR) is 162 cm³/mol. The fourth-order valence-corrected chi connectivity index (χ4v) is 8.36. The molecule has 3 fully saturated rings. The number of halogens is 3. The van der Waals surface area contributed by atoms with Crippen molar-refractivity contribution in [3.63, 3.8) is 0 Å². The average Bonchev–Trinajstić information content (AvgIpc) is 3.40. The first-order valence-electron chi connectivity index (χ1n) is 14.5. The van der Waals surface area contributed by atoms with E-state index in [1.54, 1.807) is 30.3 Å². The van der Waals surface area contributed by atoms with Crippen molar-refractivity contribution < 1.29 is 38.6 Å². The lowest BCUT2D eigenvalue weighted by atomic mass is 9.49. The lowest BCUT2D eigenvalue weighted by Gasteiger charge is -2.50. The summed E-state index contributed by atoms with van der Waals surface area (Å²) in [6.07, 6.45) is 1.82. The molecule has 4 amide bonds. The molecule has 10 nitrogen and oxygen atoms in total. The first-order chi connectivity index (χ1) is 22.0.